The summed E-state index contributed by atoms with van der Waals surface area (Å²) in [5, 5.41) is 12.6. The van der Waals surface area contributed by atoms with Crippen molar-refractivity contribution in [3.63, 3.8) is 0 Å². The van der Waals surface area contributed by atoms with Crippen LogP contribution in [0, 0.1) is 11.3 Å². The maximum atomic E-state index is 9.33. The van der Waals surface area contributed by atoms with Gasteiger partial charge in [0.05, 0.1) is 5.56 Å². The van der Waals surface area contributed by atoms with Crippen molar-refractivity contribution in [1.29, 1.82) is 5.26 Å². The highest BCUT2D eigenvalue weighted by Gasteiger charge is 2.15. The molecule has 106 valence electrons. The van der Waals surface area contributed by atoms with E-state index in [1.54, 1.807) is 0 Å². The normalized spacial score (nSPS) is 13.3. The first kappa shape index (κ1) is 14.1. The van der Waals surface area contributed by atoms with Crippen LogP contribution < -0.4 is 5.32 Å². The number of aromatic nitrogens is 1. The van der Waals surface area contributed by atoms with Gasteiger partial charge in [-0.05, 0) is 48.9 Å². The van der Waals surface area contributed by atoms with Crippen LogP contribution in [0.2, 0.25) is 0 Å². The highest BCUT2D eigenvalue weighted by Crippen LogP contribution is 2.25. The van der Waals surface area contributed by atoms with Gasteiger partial charge < -0.3 is 5.32 Å². The third-order valence-electron chi connectivity index (χ3n) is 3.83. The summed E-state index contributed by atoms with van der Waals surface area (Å²) in [4.78, 5) is 4.68. The number of nitrogens with zero attached hydrogens (tertiary/aromatic N) is 2. The van der Waals surface area contributed by atoms with Gasteiger partial charge in [-0.1, -0.05) is 34.1 Å². The summed E-state index contributed by atoms with van der Waals surface area (Å²) in [7, 11) is 0. The van der Waals surface area contributed by atoms with Crippen molar-refractivity contribution >= 4 is 21.7 Å². The van der Waals surface area contributed by atoms with E-state index in [4.69, 9.17) is 0 Å². The first-order valence-electron chi connectivity index (χ1n) is 7.18. The molecule has 1 aliphatic carbocycles. The van der Waals surface area contributed by atoms with E-state index in [9.17, 15) is 5.26 Å². The van der Waals surface area contributed by atoms with Crippen LogP contribution in [-0.2, 0) is 19.4 Å². The second kappa shape index (κ2) is 6.28. The summed E-state index contributed by atoms with van der Waals surface area (Å²) in [5.74, 6) is 0.703. The number of halogens is 1. The smallest absolute Gasteiger partial charge is 0.144 e. The van der Waals surface area contributed by atoms with Gasteiger partial charge in [0.2, 0.25) is 0 Å². The van der Waals surface area contributed by atoms with Crippen LogP contribution in [0.25, 0.3) is 0 Å². The first-order chi connectivity index (χ1) is 10.3. The number of nitriles is 1. The number of benzene rings is 1. The van der Waals surface area contributed by atoms with E-state index < -0.39 is 0 Å². The van der Waals surface area contributed by atoms with Crippen LogP contribution in [-0.4, -0.2) is 4.98 Å². The van der Waals surface area contributed by atoms with Crippen molar-refractivity contribution in [2.24, 2.45) is 0 Å². The number of anilines is 1. The second-order valence-electron chi connectivity index (χ2n) is 5.25. The third-order valence-corrected chi connectivity index (χ3v) is 4.60. The summed E-state index contributed by atoms with van der Waals surface area (Å²) in [6.07, 6.45) is 4.45. The fourth-order valence-electron chi connectivity index (χ4n) is 2.67. The molecule has 1 heterocycles. The molecule has 2 aromatic rings. The highest BCUT2D eigenvalue weighted by atomic mass is 79.9. The van der Waals surface area contributed by atoms with Crippen molar-refractivity contribution in [3.8, 4) is 6.07 Å². The SMILES string of the molecule is N#Cc1cc2c(nc1NCc1ccccc1Br)CCCC2. The minimum Gasteiger partial charge on any atom is -0.365 e. The molecule has 0 saturated heterocycles. The molecule has 1 aromatic carbocycles. The molecule has 0 saturated carbocycles. The van der Waals surface area contributed by atoms with E-state index >= 15 is 0 Å². The van der Waals surface area contributed by atoms with Gasteiger partial charge in [-0.15, -0.1) is 0 Å². The summed E-state index contributed by atoms with van der Waals surface area (Å²) >= 11 is 3.54. The number of pyridine rings is 1. The number of hydrogen-bond acceptors (Lipinski definition) is 3. The monoisotopic (exact) mass is 341 g/mol. The Morgan fingerprint density at radius 1 is 1.24 bits per heavy atom. The summed E-state index contributed by atoms with van der Waals surface area (Å²) in [6.45, 7) is 0.655. The highest BCUT2D eigenvalue weighted by molar-refractivity contribution is 9.10. The third kappa shape index (κ3) is 3.08. The molecular weight excluding hydrogens is 326 g/mol. The zero-order chi connectivity index (χ0) is 14.7. The first-order valence-corrected chi connectivity index (χ1v) is 7.97. The average Bonchev–Trinajstić information content (AvgIpc) is 2.53. The Kier molecular flexibility index (Phi) is 4.21. The Hall–Kier alpha value is -1.86. The van der Waals surface area contributed by atoms with Crippen LogP contribution in [0.1, 0.15) is 35.2 Å². The maximum Gasteiger partial charge on any atom is 0.144 e. The Labute approximate surface area is 133 Å². The molecule has 0 atom stereocenters. The molecule has 3 nitrogen and oxygen atoms in total. The van der Waals surface area contributed by atoms with Crippen LogP contribution in [0.4, 0.5) is 5.82 Å². The minimum atomic E-state index is 0.641. The lowest BCUT2D eigenvalue weighted by molar-refractivity contribution is 0.668. The van der Waals surface area contributed by atoms with Crippen molar-refractivity contribution in [2.45, 2.75) is 32.2 Å². The number of rotatable bonds is 3. The second-order valence-corrected chi connectivity index (χ2v) is 6.11. The fourth-order valence-corrected chi connectivity index (χ4v) is 3.10. The lowest BCUT2D eigenvalue weighted by atomic mass is 9.95. The van der Waals surface area contributed by atoms with Gasteiger partial charge in [0.15, 0.2) is 0 Å². The number of aryl methyl sites for hydroxylation is 2. The number of fused-ring (bicyclic) bond motifs is 1. The van der Waals surface area contributed by atoms with E-state index in [1.807, 2.05) is 24.3 Å². The topological polar surface area (TPSA) is 48.7 Å². The zero-order valence-corrected chi connectivity index (χ0v) is 13.3. The molecule has 0 unspecified atom stereocenters. The average molecular weight is 342 g/mol. The van der Waals surface area contributed by atoms with Gasteiger partial charge in [-0.2, -0.15) is 5.26 Å². The van der Waals surface area contributed by atoms with E-state index in [0.29, 0.717) is 17.9 Å². The molecule has 4 heteroatoms. The molecule has 0 bridgehead atoms. The predicted octanol–water partition coefficient (Wildman–Crippen LogP) is 4.21. The van der Waals surface area contributed by atoms with E-state index in [1.165, 1.54) is 18.4 Å². The van der Waals surface area contributed by atoms with Crippen molar-refractivity contribution < 1.29 is 0 Å². The molecule has 1 N–H and O–H groups in total. The van der Waals surface area contributed by atoms with Gasteiger partial charge in [-0.25, -0.2) is 4.98 Å². The molecule has 0 aliphatic heterocycles. The molecule has 1 aliphatic rings. The molecule has 1 aromatic heterocycles. The fraction of sp³-hybridized carbons (Fsp3) is 0.294. The Bertz CT molecular complexity index is 704. The van der Waals surface area contributed by atoms with Crippen LogP contribution in [0.3, 0.4) is 0 Å². The molecule has 0 spiro atoms. The summed E-state index contributed by atoms with van der Waals surface area (Å²) in [5.41, 5.74) is 4.18. The Morgan fingerprint density at radius 3 is 2.86 bits per heavy atom. The molecule has 0 fully saturated rings. The van der Waals surface area contributed by atoms with Gasteiger partial charge in [0.25, 0.3) is 0 Å². The Morgan fingerprint density at radius 2 is 2.05 bits per heavy atom. The molecular formula is C17H16BrN3. The quantitative estimate of drug-likeness (QED) is 0.909. The van der Waals surface area contributed by atoms with E-state index in [2.05, 4.69) is 38.4 Å². The van der Waals surface area contributed by atoms with Crippen molar-refractivity contribution in [1.82, 2.24) is 4.98 Å². The number of nitrogens with one attached hydrogen (secondary N) is 1. The zero-order valence-electron chi connectivity index (χ0n) is 11.7. The standard InChI is InChI=1S/C17H16BrN3/c18-15-7-3-1-6-13(15)11-20-17-14(10-19)9-12-5-2-4-8-16(12)21-17/h1,3,6-7,9H,2,4-5,8,11H2,(H,20,21). The maximum absolute atomic E-state index is 9.33. The van der Waals surface area contributed by atoms with Crippen LogP contribution >= 0.6 is 15.9 Å². The van der Waals surface area contributed by atoms with Gasteiger partial charge in [0, 0.05) is 16.7 Å². The van der Waals surface area contributed by atoms with Crippen molar-refractivity contribution in [2.75, 3.05) is 5.32 Å². The molecule has 21 heavy (non-hydrogen) atoms. The van der Waals surface area contributed by atoms with Gasteiger partial charge >= 0.3 is 0 Å². The van der Waals surface area contributed by atoms with E-state index in [0.717, 1.165) is 28.6 Å². The summed E-state index contributed by atoms with van der Waals surface area (Å²) < 4.78 is 1.06. The Balaban J connectivity index is 1.85. The molecule has 0 amide bonds. The minimum absolute atomic E-state index is 0.641. The lowest BCUT2D eigenvalue weighted by Gasteiger charge is -2.17. The largest absolute Gasteiger partial charge is 0.365 e. The van der Waals surface area contributed by atoms with Gasteiger partial charge in [-0.3, -0.25) is 0 Å². The lowest BCUT2D eigenvalue weighted by Crippen LogP contribution is -2.11. The predicted molar refractivity (Wildman–Crippen MR) is 87.1 cm³/mol. The van der Waals surface area contributed by atoms with Crippen LogP contribution in [0.15, 0.2) is 34.8 Å². The number of hydrogen-bond donors (Lipinski definition) is 1. The summed E-state index contributed by atoms with van der Waals surface area (Å²) in [6, 6.07) is 12.3. The van der Waals surface area contributed by atoms with E-state index in [-0.39, 0.29) is 0 Å². The van der Waals surface area contributed by atoms with Crippen LogP contribution in [0.5, 0.6) is 0 Å². The molecule has 3 rings (SSSR count). The van der Waals surface area contributed by atoms with Crippen molar-refractivity contribution in [3.05, 3.63) is 57.2 Å². The molecule has 0 radical (unpaired) electrons. The van der Waals surface area contributed by atoms with Gasteiger partial charge in [0.1, 0.15) is 11.9 Å².